The van der Waals surface area contributed by atoms with E-state index < -0.39 is 6.23 Å². The Morgan fingerprint density at radius 2 is 1.90 bits per heavy atom. The van der Waals surface area contributed by atoms with Crippen molar-refractivity contribution in [1.82, 2.24) is 15.2 Å². The zero-order valence-corrected chi connectivity index (χ0v) is 19.8. The predicted octanol–water partition coefficient (Wildman–Crippen LogP) is 6.03. The van der Waals surface area contributed by atoms with Crippen LogP contribution in [0.2, 0.25) is 0 Å². The van der Waals surface area contributed by atoms with Gasteiger partial charge >= 0.3 is 0 Å². The van der Waals surface area contributed by atoms with Gasteiger partial charge in [0.05, 0.1) is 5.69 Å². The number of unbranched alkanes of at least 4 members (excludes halogenated alkanes) is 1. The Hall–Kier alpha value is -2.45. The van der Waals surface area contributed by atoms with Gasteiger partial charge in [-0.2, -0.15) is 4.98 Å². The predicted molar refractivity (Wildman–Crippen MR) is 126 cm³/mol. The maximum Gasteiger partial charge on any atom is 0.247 e. The highest BCUT2D eigenvalue weighted by molar-refractivity contribution is 9.10. The third-order valence-corrected chi connectivity index (χ3v) is 6.42. The highest BCUT2D eigenvalue weighted by Gasteiger charge is 2.35. The van der Waals surface area contributed by atoms with Crippen molar-refractivity contribution in [2.75, 3.05) is 10.7 Å². The molecule has 1 aliphatic rings. The highest BCUT2D eigenvalue weighted by Crippen LogP contribution is 2.43. The molecule has 1 amide bonds. The topological polar surface area (TPSA) is 68.2 Å². The number of hydrogen-bond donors (Lipinski definition) is 0. The van der Waals surface area contributed by atoms with Crippen molar-refractivity contribution in [2.45, 2.75) is 44.5 Å². The molecule has 0 N–H and O–H groups in total. The molecule has 0 aliphatic carbocycles. The standard InChI is InChI=1S/C23H23BrN4O2S/c1-3-5-14-31-23-25-21-20(26-27-23)17-8-6-7-9-18(17)28(19(29)4-2)22(30-21)15-10-12-16(24)13-11-15/h6-13,22H,3-5,14H2,1-2H3/t22-/m1/s1. The number of halogens is 1. The second-order valence-corrected chi connectivity index (χ2v) is 9.08. The Balaban J connectivity index is 1.85. The summed E-state index contributed by atoms with van der Waals surface area (Å²) in [7, 11) is 0. The first-order chi connectivity index (χ1) is 15.1. The van der Waals surface area contributed by atoms with E-state index in [1.807, 2.05) is 55.5 Å². The van der Waals surface area contributed by atoms with Gasteiger partial charge in [-0.15, -0.1) is 10.2 Å². The lowest BCUT2D eigenvalue weighted by Crippen LogP contribution is -2.37. The Bertz CT molecular complexity index is 1080. The Kier molecular flexibility index (Phi) is 6.87. The Morgan fingerprint density at radius 3 is 2.65 bits per heavy atom. The number of benzene rings is 2. The molecule has 0 bridgehead atoms. The number of carbonyl (C=O) groups is 1. The third kappa shape index (κ3) is 4.60. The summed E-state index contributed by atoms with van der Waals surface area (Å²) in [6.45, 7) is 4.00. The maximum atomic E-state index is 13.1. The number of para-hydroxylation sites is 1. The fourth-order valence-electron chi connectivity index (χ4n) is 3.37. The van der Waals surface area contributed by atoms with Gasteiger partial charge in [0, 0.05) is 27.8 Å². The van der Waals surface area contributed by atoms with E-state index in [-0.39, 0.29) is 5.91 Å². The number of rotatable bonds is 6. The van der Waals surface area contributed by atoms with Crippen molar-refractivity contribution in [1.29, 1.82) is 0 Å². The number of carbonyl (C=O) groups excluding carboxylic acids is 1. The van der Waals surface area contributed by atoms with Crippen LogP contribution in [-0.4, -0.2) is 26.8 Å². The van der Waals surface area contributed by atoms with Crippen molar-refractivity contribution in [3.8, 4) is 17.1 Å². The number of anilines is 1. The number of ether oxygens (including phenoxy) is 1. The minimum absolute atomic E-state index is 0.0429. The zero-order chi connectivity index (χ0) is 21.8. The Morgan fingerprint density at radius 1 is 1.13 bits per heavy atom. The summed E-state index contributed by atoms with van der Waals surface area (Å²) in [6, 6.07) is 15.5. The molecule has 2 aromatic carbocycles. The van der Waals surface area contributed by atoms with E-state index in [1.165, 1.54) is 0 Å². The first kappa shape index (κ1) is 21.8. The van der Waals surface area contributed by atoms with Crippen LogP contribution in [0.15, 0.2) is 58.2 Å². The number of amides is 1. The second-order valence-electron chi connectivity index (χ2n) is 7.11. The van der Waals surface area contributed by atoms with Crippen LogP contribution >= 0.6 is 27.7 Å². The highest BCUT2D eigenvalue weighted by atomic mass is 79.9. The lowest BCUT2D eigenvalue weighted by atomic mass is 10.1. The molecule has 4 rings (SSSR count). The molecule has 6 nitrogen and oxygen atoms in total. The van der Waals surface area contributed by atoms with Crippen LogP contribution in [0.1, 0.15) is 44.9 Å². The van der Waals surface area contributed by atoms with Crippen molar-refractivity contribution in [3.63, 3.8) is 0 Å². The quantitative estimate of drug-likeness (QED) is 0.305. The van der Waals surface area contributed by atoms with Crippen LogP contribution in [0.4, 0.5) is 5.69 Å². The third-order valence-electron chi connectivity index (χ3n) is 4.97. The molecule has 0 spiro atoms. The molecule has 0 fully saturated rings. The molecule has 2 heterocycles. The zero-order valence-electron chi connectivity index (χ0n) is 17.4. The van der Waals surface area contributed by atoms with Gasteiger partial charge in [0.2, 0.25) is 23.2 Å². The molecule has 0 radical (unpaired) electrons. The molecule has 160 valence electrons. The van der Waals surface area contributed by atoms with Crippen molar-refractivity contribution < 1.29 is 9.53 Å². The summed E-state index contributed by atoms with van der Waals surface area (Å²) in [6.07, 6.45) is 1.87. The minimum Gasteiger partial charge on any atom is -0.447 e. The molecule has 8 heteroatoms. The second kappa shape index (κ2) is 9.78. The monoisotopic (exact) mass is 498 g/mol. The minimum atomic E-state index is -0.659. The first-order valence-electron chi connectivity index (χ1n) is 10.3. The van der Waals surface area contributed by atoms with Gasteiger partial charge in [0.25, 0.3) is 0 Å². The maximum absolute atomic E-state index is 13.1. The van der Waals surface area contributed by atoms with Crippen LogP contribution < -0.4 is 9.64 Å². The normalized spacial score (nSPS) is 14.9. The summed E-state index contributed by atoms with van der Waals surface area (Å²) in [4.78, 5) is 19.5. The lowest BCUT2D eigenvalue weighted by Gasteiger charge is -2.30. The summed E-state index contributed by atoms with van der Waals surface area (Å²) in [5.41, 5.74) is 2.92. The largest absolute Gasteiger partial charge is 0.447 e. The molecule has 1 aromatic heterocycles. The summed E-state index contributed by atoms with van der Waals surface area (Å²) >= 11 is 5.04. The van der Waals surface area contributed by atoms with Crippen LogP contribution in [0.3, 0.4) is 0 Å². The fraction of sp³-hybridized carbons (Fsp3) is 0.304. The van der Waals surface area contributed by atoms with E-state index in [0.717, 1.165) is 39.9 Å². The van der Waals surface area contributed by atoms with Crippen LogP contribution in [0.5, 0.6) is 5.88 Å². The van der Waals surface area contributed by atoms with E-state index in [2.05, 4.69) is 38.0 Å². The number of nitrogens with zero attached hydrogens (tertiary/aromatic N) is 4. The summed E-state index contributed by atoms with van der Waals surface area (Å²) in [5.74, 6) is 1.27. The van der Waals surface area contributed by atoms with Gasteiger partial charge < -0.3 is 4.74 Å². The van der Waals surface area contributed by atoms with Gasteiger partial charge in [0.1, 0.15) is 0 Å². The van der Waals surface area contributed by atoms with Crippen LogP contribution in [0, 0.1) is 0 Å². The van der Waals surface area contributed by atoms with Gasteiger partial charge in [-0.25, -0.2) is 0 Å². The molecule has 0 saturated heterocycles. The Labute approximate surface area is 194 Å². The average molecular weight is 499 g/mol. The molecular weight excluding hydrogens is 476 g/mol. The number of aromatic nitrogens is 3. The van der Waals surface area contributed by atoms with Crippen LogP contribution in [0.25, 0.3) is 11.3 Å². The van der Waals surface area contributed by atoms with Crippen LogP contribution in [-0.2, 0) is 4.79 Å². The van der Waals surface area contributed by atoms with E-state index in [4.69, 9.17) is 4.74 Å². The molecule has 3 aromatic rings. The van der Waals surface area contributed by atoms with Gasteiger partial charge in [-0.05, 0) is 24.6 Å². The molecule has 0 saturated carbocycles. The smallest absolute Gasteiger partial charge is 0.247 e. The summed E-state index contributed by atoms with van der Waals surface area (Å²) in [5, 5.41) is 9.35. The van der Waals surface area contributed by atoms with Gasteiger partial charge in [0.15, 0.2) is 5.69 Å². The van der Waals surface area contributed by atoms with Crippen molar-refractivity contribution in [2.24, 2.45) is 0 Å². The van der Waals surface area contributed by atoms with E-state index >= 15 is 0 Å². The molecule has 0 unspecified atom stereocenters. The molecule has 31 heavy (non-hydrogen) atoms. The molecular formula is C23H23BrN4O2S. The van der Waals surface area contributed by atoms with Crippen molar-refractivity contribution in [3.05, 3.63) is 58.6 Å². The number of fused-ring (bicyclic) bond motifs is 3. The average Bonchev–Trinajstić information content (AvgIpc) is 2.93. The van der Waals surface area contributed by atoms with Gasteiger partial charge in [-0.3, -0.25) is 9.69 Å². The SMILES string of the molecule is CCCCSc1nnc2c(n1)O[C@H](c1ccc(Br)cc1)N(C(=O)CC)c1ccccc1-2. The van der Waals surface area contributed by atoms with E-state index in [0.29, 0.717) is 23.2 Å². The van der Waals surface area contributed by atoms with E-state index in [1.54, 1.807) is 16.7 Å². The van der Waals surface area contributed by atoms with Gasteiger partial charge in [-0.1, -0.05) is 78.3 Å². The molecule has 1 atom stereocenters. The number of hydrogen-bond acceptors (Lipinski definition) is 6. The molecule has 1 aliphatic heterocycles. The fourth-order valence-corrected chi connectivity index (χ4v) is 4.49. The number of thioether (sulfide) groups is 1. The summed E-state index contributed by atoms with van der Waals surface area (Å²) < 4.78 is 7.37. The lowest BCUT2D eigenvalue weighted by molar-refractivity contribution is -0.120. The first-order valence-corrected chi connectivity index (χ1v) is 12.1. The van der Waals surface area contributed by atoms with Crippen molar-refractivity contribution >= 4 is 39.3 Å². The van der Waals surface area contributed by atoms with E-state index in [9.17, 15) is 4.79 Å².